The van der Waals surface area contributed by atoms with Crippen LogP contribution in [-0.2, 0) is 11.8 Å². The van der Waals surface area contributed by atoms with Crippen molar-refractivity contribution < 1.29 is 4.79 Å². The third kappa shape index (κ3) is 3.72. The Balaban J connectivity index is 1.80. The van der Waals surface area contributed by atoms with Crippen LogP contribution in [0.1, 0.15) is 38.2 Å². The number of hydrogen-bond donors (Lipinski definition) is 1. The summed E-state index contributed by atoms with van der Waals surface area (Å²) in [5.41, 5.74) is 0.949. The molecule has 1 saturated carbocycles. The maximum atomic E-state index is 11.7. The van der Waals surface area contributed by atoms with Gasteiger partial charge in [0.05, 0.1) is 6.20 Å². The molecule has 1 heterocycles. The van der Waals surface area contributed by atoms with Gasteiger partial charge in [-0.1, -0.05) is 6.92 Å². The van der Waals surface area contributed by atoms with E-state index >= 15 is 0 Å². The number of amides is 1. The van der Waals surface area contributed by atoms with Crippen LogP contribution in [0.3, 0.4) is 0 Å². The highest BCUT2D eigenvalue weighted by molar-refractivity contribution is 5.91. The van der Waals surface area contributed by atoms with Gasteiger partial charge in [0.1, 0.15) is 0 Å². The van der Waals surface area contributed by atoms with Crippen molar-refractivity contribution in [2.24, 2.45) is 13.0 Å². The molecule has 0 radical (unpaired) electrons. The molecule has 0 spiro atoms. The summed E-state index contributed by atoms with van der Waals surface area (Å²) in [4.78, 5) is 11.7. The van der Waals surface area contributed by atoms with Crippen molar-refractivity contribution in [1.82, 2.24) is 15.1 Å². The van der Waals surface area contributed by atoms with E-state index in [1.807, 2.05) is 13.2 Å². The first-order valence-corrected chi connectivity index (χ1v) is 6.60. The van der Waals surface area contributed by atoms with Crippen molar-refractivity contribution in [3.05, 3.63) is 24.0 Å². The van der Waals surface area contributed by atoms with E-state index in [0.29, 0.717) is 6.04 Å². The molecule has 98 valence electrons. The third-order valence-electron chi connectivity index (χ3n) is 3.51. The zero-order chi connectivity index (χ0) is 13.0. The Kier molecular flexibility index (Phi) is 4.18. The van der Waals surface area contributed by atoms with Gasteiger partial charge in [-0.25, -0.2) is 0 Å². The van der Waals surface area contributed by atoms with E-state index in [1.165, 1.54) is 12.8 Å². The second-order valence-corrected chi connectivity index (χ2v) is 5.25. The lowest BCUT2D eigenvalue weighted by Crippen LogP contribution is -2.36. The SMILES string of the molecule is CC1CCC(NC(=O)C=Cc2cnn(C)c2)CC1. The van der Waals surface area contributed by atoms with Gasteiger partial charge in [-0.2, -0.15) is 5.10 Å². The van der Waals surface area contributed by atoms with E-state index in [1.54, 1.807) is 23.0 Å². The number of rotatable bonds is 3. The molecule has 1 N–H and O–H groups in total. The molecule has 0 aliphatic heterocycles. The lowest BCUT2D eigenvalue weighted by molar-refractivity contribution is -0.117. The van der Waals surface area contributed by atoms with Crippen LogP contribution in [0.4, 0.5) is 0 Å². The molecular formula is C14H21N3O. The maximum absolute atomic E-state index is 11.7. The molecule has 0 saturated heterocycles. The molecule has 1 aromatic heterocycles. The summed E-state index contributed by atoms with van der Waals surface area (Å²) in [7, 11) is 1.86. The molecule has 4 heteroatoms. The van der Waals surface area contributed by atoms with Gasteiger partial charge in [0.15, 0.2) is 0 Å². The van der Waals surface area contributed by atoms with Crippen molar-refractivity contribution in [3.8, 4) is 0 Å². The number of aromatic nitrogens is 2. The Hall–Kier alpha value is -1.58. The number of nitrogens with zero attached hydrogens (tertiary/aromatic N) is 2. The quantitative estimate of drug-likeness (QED) is 0.832. The molecule has 0 bridgehead atoms. The second-order valence-electron chi connectivity index (χ2n) is 5.25. The van der Waals surface area contributed by atoms with Crippen LogP contribution in [0.25, 0.3) is 6.08 Å². The highest BCUT2D eigenvalue weighted by Gasteiger charge is 2.18. The fourth-order valence-corrected chi connectivity index (χ4v) is 2.35. The van der Waals surface area contributed by atoms with Crippen LogP contribution in [0.15, 0.2) is 18.5 Å². The van der Waals surface area contributed by atoms with Crippen LogP contribution in [0.5, 0.6) is 0 Å². The Bertz CT molecular complexity index is 428. The lowest BCUT2D eigenvalue weighted by atomic mass is 9.87. The third-order valence-corrected chi connectivity index (χ3v) is 3.51. The van der Waals surface area contributed by atoms with Gasteiger partial charge in [-0.05, 0) is 37.7 Å². The average Bonchev–Trinajstić information content (AvgIpc) is 2.76. The van der Waals surface area contributed by atoms with Crippen molar-refractivity contribution in [2.75, 3.05) is 0 Å². The number of hydrogen-bond acceptors (Lipinski definition) is 2. The number of carbonyl (C=O) groups is 1. The first-order valence-electron chi connectivity index (χ1n) is 6.60. The molecular weight excluding hydrogens is 226 g/mol. The van der Waals surface area contributed by atoms with Crippen LogP contribution >= 0.6 is 0 Å². The molecule has 0 aromatic carbocycles. The molecule has 0 atom stereocenters. The monoisotopic (exact) mass is 247 g/mol. The van der Waals surface area contributed by atoms with E-state index in [0.717, 1.165) is 24.3 Å². The van der Waals surface area contributed by atoms with Crippen molar-refractivity contribution in [3.63, 3.8) is 0 Å². The summed E-state index contributed by atoms with van der Waals surface area (Å²) < 4.78 is 1.72. The van der Waals surface area contributed by atoms with Crippen molar-refractivity contribution in [2.45, 2.75) is 38.6 Å². The molecule has 1 fully saturated rings. The van der Waals surface area contributed by atoms with E-state index < -0.39 is 0 Å². The maximum Gasteiger partial charge on any atom is 0.244 e. The Labute approximate surface area is 108 Å². The van der Waals surface area contributed by atoms with Gasteiger partial charge in [0.2, 0.25) is 5.91 Å². The standard InChI is InChI=1S/C14H21N3O/c1-11-3-6-13(7-4-11)16-14(18)8-5-12-9-15-17(2)10-12/h5,8-11,13H,3-4,6-7H2,1-2H3,(H,16,18). The summed E-state index contributed by atoms with van der Waals surface area (Å²) in [6, 6.07) is 0.354. The Morgan fingerprint density at radius 2 is 2.17 bits per heavy atom. The molecule has 0 unspecified atom stereocenters. The minimum atomic E-state index is -0.00148. The summed E-state index contributed by atoms with van der Waals surface area (Å²) >= 11 is 0. The molecule has 1 aromatic rings. The predicted molar refractivity (Wildman–Crippen MR) is 71.8 cm³/mol. The van der Waals surface area contributed by atoms with Gasteiger partial charge < -0.3 is 5.32 Å². The minimum Gasteiger partial charge on any atom is -0.350 e. The topological polar surface area (TPSA) is 46.9 Å². The van der Waals surface area contributed by atoms with Gasteiger partial charge in [0, 0.05) is 30.9 Å². The van der Waals surface area contributed by atoms with Gasteiger partial charge >= 0.3 is 0 Å². The largest absolute Gasteiger partial charge is 0.350 e. The van der Waals surface area contributed by atoms with Crippen LogP contribution in [0, 0.1) is 5.92 Å². The van der Waals surface area contributed by atoms with E-state index in [9.17, 15) is 4.79 Å². The number of aryl methyl sites for hydroxylation is 1. The van der Waals surface area contributed by atoms with E-state index in [4.69, 9.17) is 0 Å². The fourth-order valence-electron chi connectivity index (χ4n) is 2.35. The zero-order valence-electron chi connectivity index (χ0n) is 11.1. The molecule has 1 aliphatic carbocycles. The zero-order valence-corrected chi connectivity index (χ0v) is 11.1. The number of carbonyl (C=O) groups excluding carboxylic acids is 1. The van der Waals surface area contributed by atoms with Gasteiger partial charge in [-0.15, -0.1) is 0 Å². The van der Waals surface area contributed by atoms with Crippen LogP contribution in [0.2, 0.25) is 0 Å². The minimum absolute atomic E-state index is 0.00148. The summed E-state index contributed by atoms with van der Waals surface area (Å²) in [5, 5.41) is 7.12. The van der Waals surface area contributed by atoms with Gasteiger partial charge in [-0.3, -0.25) is 9.48 Å². The summed E-state index contributed by atoms with van der Waals surface area (Å²) in [5.74, 6) is 0.808. The van der Waals surface area contributed by atoms with E-state index in [-0.39, 0.29) is 5.91 Å². The smallest absolute Gasteiger partial charge is 0.244 e. The van der Waals surface area contributed by atoms with Gasteiger partial charge in [0.25, 0.3) is 0 Å². The second kappa shape index (κ2) is 5.85. The molecule has 1 aliphatic rings. The number of nitrogens with one attached hydrogen (secondary N) is 1. The average molecular weight is 247 g/mol. The van der Waals surface area contributed by atoms with Crippen molar-refractivity contribution in [1.29, 1.82) is 0 Å². The van der Waals surface area contributed by atoms with Crippen LogP contribution in [-0.4, -0.2) is 21.7 Å². The van der Waals surface area contributed by atoms with E-state index in [2.05, 4.69) is 17.3 Å². The normalized spacial score (nSPS) is 24.3. The highest BCUT2D eigenvalue weighted by atomic mass is 16.1. The van der Waals surface area contributed by atoms with Crippen LogP contribution < -0.4 is 5.32 Å². The summed E-state index contributed by atoms with van der Waals surface area (Å²) in [6.45, 7) is 2.28. The first-order chi connectivity index (χ1) is 8.63. The first kappa shape index (κ1) is 12.9. The predicted octanol–water partition coefficient (Wildman–Crippen LogP) is 2.13. The van der Waals surface area contributed by atoms with Crippen molar-refractivity contribution >= 4 is 12.0 Å². The fraction of sp³-hybridized carbons (Fsp3) is 0.571. The lowest BCUT2D eigenvalue weighted by Gasteiger charge is -2.26. The molecule has 2 rings (SSSR count). The summed E-state index contributed by atoms with van der Waals surface area (Å²) in [6.07, 6.45) is 11.7. The molecule has 1 amide bonds. The highest BCUT2D eigenvalue weighted by Crippen LogP contribution is 2.23. The Morgan fingerprint density at radius 3 is 2.78 bits per heavy atom. The molecule has 18 heavy (non-hydrogen) atoms. The molecule has 4 nitrogen and oxygen atoms in total. The Morgan fingerprint density at radius 1 is 1.44 bits per heavy atom.